The highest BCUT2D eigenvalue weighted by atomic mass is 32.2. The second-order valence-corrected chi connectivity index (χ2v) is 7.09. The predicted octanol–water partition coefficient (Wildman–Crippen LogP) is 1.77. The van der Waals surface area contributed by atoms with E-state index in [4.69, 9.17) is 0 Å². The molecule has 0 aliphatic rings. The summed E-state index contributed by atoms with van der Waals surface area (Å²) in [6.45, 7) is 1.53. The fourth-order valence-corrected chi connectivity index (χ4v) is 3.15. The minimum Gasteiger partial charge on any atom is -0.355 e. The third-order valence-electron chi connectivity index (χ3n) is 3.44. The average Bonchev–Trinajstić information content (AvgIpc) is 2.56. The van der Waals surface area contributed by atoms with Gasteiger partial charge in [0.2, 0.25) is 15.9 Å². The summed E-state index contributed by atoms with van der Waals surface area (Å²) in [4.78, 5) is 11.7. The lowest BCUT2D eigenvalue weighted by atomic mass is 10.1. The van der Waals surface area contributed by atoms with Gasteiger partial charge in [-0.15, -0.1) is 0 Å². The summed E-state index contributed by atoms with van der Waals surface area (Å²) in [5, 5.41) is 2.65. The summed E-state index contributed by atoms with van der Waals surface area (Å²) in [5.41, 5.74) is 1.31. The molecule has 0 radical (unpaired) electrons. The molecule has 0 unspecified atom stereocenters. The fraction of sp³-hybridized carbons (Fsp3) is 0.235. The van der Waals surface area contributed by atoms with E-state index in [-0.39, 0.29) is 17.0 Å². The highest BCUT2D eigenvalue weighted by Gasteiger charge is 2.16. The highest BCUT2D eigenvalue weighted by molar-refractivity contribution is 7.89. The smallest absolute Gasteiger partial charge is 0.241 e. The largest absolute Gasteiger partial charge is 0.355 e. The molecular weight excluding hydrogens is 331 g/mol. The molecule has 0 aliphatic carbocycles. The molecule has 0 saturated carbocycles. The molecule has 0 spiro atoms. The van der Waals surface area contributed by atoms with Crippen molar-refractivity contribution in [3.05, 3.63) is 65.5 Å². The molecule has 2 aromatic carbocycles. The standard InChI is InChI=1S/C17H19FN2O3S/c1-13-11-15(7-8-16(13)18)24(22,23)20-12-17(21)19-10-9-14-5-3-2-4-6-14/h2-8,11,20H,9-10,12H2,1H3,(H,19,21). The van der Waals surface area contributed by atoms with E-state index in [1.807, 2.05) is 30.3 Å². The molecule has 0 aliphatic heterocycles. The topological polar surface area (TPSA) is 75.3 Å². The molecule has 24 heavy (non-hydrogen) atoms. The molecule has 0 aromatic heterocycles. The number of amides is 1. The number of carbonyl (C=O) groups is 1. The van der Waals surface area contributed by atoms with Crippen molar-refractivity contribution < 1.29 is 17.6 Å². The van der Waals surface area contributed by atoms with E-state index in [1.54, 1.807) is 0 Å². The number of hydrogen-bond acceptors (Lipinski definition) is 3. The molecule has 0 bridgehead atoms. The molecule has 1 amide bonds. The number of rotatable bonds is 7. The lowest BCUT2D eigenvalue weighted by molar-refractivity contribution is -0.119. The first-order valence-corrected chi connectivity index (χ1v) is 8.93. The normalized spacial score (nSPS) is 11.2. The van der Waals surface area contributed by atoms with Gasteiger partial charge in [-0.05, 0) is 42.7 Å². The van der Waals surface area contributed by atoms with Crippen LogP contribution < -0.4 is 10.0 Å². The number of halogens is 1. The van der Waals surface area contributed by atoms with E-state index in [1.165, 1.54) is 13.0 Å². The monoisotopic (exact) mass is 350 g/mol. The van der Waals surface area contributed by atoms with Crippen LogP contribution >= 0.6 is 0 Å². The Morgan fingerprint density at radius 2 is 1.83 bits per heavy atom. The zero-order valence-electron chi connectivity index (χ0n) is 13.3. The van der Waals surface area contributed by atoms with E-state index in [2.05, 4.69) is 10.0 Å². The summed E-state index contributed by atoms with van der Waals surface area (Å²) in [7, 11) is -3.85. The third kappa shape index (κ3) is 5.14. The van der Waals surface area contributed by atoms with Gasteiger partial charge in [-0.3, -0.25) is 4.79 Å². The van der Waals surface area contributed by atoms with Crippen molar-refractivity contribution in [3.8, 4) is 0 Å². The van der Waals surface area contributed by atoms with Gasteiger partial charge < -0.3 is 5.32 Å². The van der Waals surface area contributed by atoms with Crippen molar-refractivity contribution in [2.75, 3.05) is 13.1 Å². The molecule has 2 N–H and O–H groups in total. The van der Waals surface area contributed by atoms with Crippen molar-refractivity contribution in [1.82, 2.24) is 10.0 Å². The third-order valence-corrected chi connectivity index (χ3v) is 4.84. The fourth-order valence-electron chi connectivity index (χ4n) is 2.08. The molecule has 0 heterocycles. The van der Waals surface area contributed by atoms with Crippen molar-refractivity contribution in [1.29, 1.82) is 0 Å². The average molecular weight is 350 g/mol. The number of benzene rings is 2. The van der Waals surface area contributed by atoms with Crippen LogP contribution in [0.2, 0.25) is 0 Å². The maximum Gasteiger partial charge on any atom is 0.241 e. The maximum absolute atomic E-state index is 13.2. The van der Waals surface area contributed by atoms with E-state index in [0.717, 1.165) is 17.7 Å². The Morgan fingerprint density at radius 3 is 2.50 bits per heavy atom. The molecule has 5 nitrogen and oxygen atoms in total. The van der Waals surface area contributed by atoms with Gasteiger partial charge in [0.15, 0.2) is 0 Å². The van der Waals surface area contributed by atoms with Crippen molar-refractivity contribution in [2.45, 2.75) is 18.2 Å². The zero-order chi connectivity index (χ0) is 17.6. The van der Waals surface area contributed by atoms with Crippen molar-refractivity contribution >= 4 is 15.9 Å². The van der Waals surface area contributed by atoms with Gasteiger partial charge >= 0.3 is 0 Å². The second kappa shape index (κ2) is 8.03. The SMILES string of the molecule is Cc1cc(S(=O)(=O)NCC(=O)NCCc2ccccc2)ccc1F. The summed E-state index contributed by atoms with van der Waals surface area (Å²) in [6, 6.07) is 13.1. The Balaban J connectivity index is 1.83. The van der Waals surface area contributed by atoms with Crippen LogP contribution in [0, 0.1) is 12.7 Å². The Labute approximate surface area is 141 Å². The number of carbonyl (C=O) groups excluding carboxylic acids is 1. The minimum absolute atomic E-state index is 0.0708. The van der Waals surface area contributed by atoms with Gasteiger partial charge in [0, 0.05) is 6.54 Å². The Morgan fingerprint density at radius 1 is 1.12 bits per heavy atom. The molecule has 7 heteroatoms. The first-order valence-electron chi connectivity index (χ1n) is 7.45. The molecule has 0 atom stereocenters. The van der Waals surface area contributed by atoms with Crippen LogP contribution in [0.1, 0.15) is 11.1 Å². The maximum atomic E-state index is 13.2. The molecule has 128 valence electrons. The quantitative estimate of drug-likeness (QED) is 0.799. The van der Waals surface area contributed by atoms with Crippen molar-refractivity contribution in [3.63, 3.8) is 0 Å². The lowest BCUT2D eigenvalue weighted by Gasteiger charge is -2.09. The Kier molecular flexibility index (Phi) is 6.05. The van der Waals surface area contributed by atoms with Crippen LogP contribution in [0.5, 0.6) is 0 Å². The molecular formula is C17H19FN2O3S. The van der Waals surface area contributed by atoms with Gasteiger partial charge in [0.05, 0.1) is 11.4 Å². The van der Waals surface area contributed by atoms with Crippen LogP contribution in [-0.2, 0) is 21.2 Å². The predicted molar refractivity (Wildman–Crippen MR) is 89.5 cm³/mol. The first kappa shape index (κ1) is 18.1. The molecule has 2 aromatic rings. The van der Waals surface area contributed by atoms with E-state index < -0.39 is 21.7 Å². The van der Waals surface area contributed by atoms with Gasteiger partial charge in [-0.2, -0.15) is 0 Å². The van der Waals surface area contributed by atoms with E-state index in [0.29, 0.717) is 13.0 Å². The molecule has 2 rings (SSSR count). The van der Waals surface area contributed by atoms with Crippen LogP contribution in [-0.4, -0.2) is 27.4 Å². The van der Waals surface area contributed by atoms with Crippen LogP contribution in [0.4, 0.5) is 4.39 Å². The number of hydrogen-bond donors (Lipinski definition) is 2. The number of sulfonamides is 1. The molecule has 0 fully saturated rings. The van der Waals surface area contributed by atoms with Crippen molar-refractivity contribution in [2.24, 2.45) is 0 Å². The minimum atomic E-state index is -3.85. The zero-order valence-corrected chi connectivity index (χ0v) is 14.1. The number of nitrogens with one attached hydrogen (secondary N) is 2. The highest BCUT2D eigenvalue weighted by Crippen LogP contribution is 2.13. The molecule has 0 saturated heterocycles. The van der Waals surface area contributed by atoms with E-state index >= 15 is 0 Å². The Bertz CT molecular complexity index is 808. The van der Waals surface area contributed by atoms with Gasteiger partial charge in [-0.1, -0.05) is 30.3 Å². The second-order valence-electron chi connectivity index (χ2n) is 5.32. The van der Waals surface area contributed by atoms with Gasteiger partial charge in [0.25, 0.3) is 0 Å². The van der Waals surface area contributed by atoms with Gasteiger partial charge in [-0.25, -0.2) is 17.5 Å². The van der Waals surface area contributed by atoms with E-state index in [9.17, 15) is 17.6 Å². The summed E-state index contributed by atoms with van der Waals surface area (Å²) in [6.07, 6.45) is 0.663. The summed E-state index contributed by atoms with van der Waals surface area (Å²) < 4.78 is 39.6. The van der Waals surface area contributed by atoms with Crippen LogP contribution in [0.15, 0.2) is 53.4 Å². The number of aryl methyl sites for hydroxylation is 1. The summed E-state index contributed by atoms with van der Waals surface area (Å²) in [5.74, 6) is -0.902. The van der Waals surface area contributed by atoms with Crippen LogP contribution in [0.25, 0.3) is 0 Å². The summed E-state index contributed by atoms with van der Waals surface area (Å²) >= 11 is 0. The van der Waals surface area contributed by atoms with Crippen LogP contribution in [0.3, 0.4) is 0 Å². The first-order chi connectivity index (χ1) is 11.4. The van der Waals surface area contributed by atoms with Gasteiger partial charge in [0.1, 0.15) is 5.82 Å². The Hall–Kier alpha value is -2.25. The lowest BCUT2D eigenvalue weighted by Crippen LogP contribution is -2.37.